The van der Waals surface area contributed by atoms with Gasteiger partial charge in [0.25, 0.3) is 0 Å². The largest absolute Gasteiger partial charge is 0.394 e. The van der Waals surface area contributed by atoms with Crippen molar-refractivity contribution in [3.8, 4) is 0 Å². The van der Waals surface area contributed by atoms with E-state index in [2.05, 4.69) is 116 Å². The number of hydrogen-bond donors (Lipinski definition) is 12. The number of carbonyl (C=O) groups is 1. The summed E-state index contributed by atoms with van der Waals surface area (Å²) in [5.41, 5.74) is 0. The lowest BCUT2D eigenvalue weighted by atomic mass is 9.96. The first-order valence-corrected chi connectivity index (χ1v) is 46.0. The normalized spacial score (nSPS) is 25.3. The molecule has 0 aromatic carbocycles. The van der Waals surface area contributed by atoms with E-state index in [0.29, 0.717) is 12.8 Å². The molecule has 12 N–H and O–H groups in total. The Morgan fingerprint density at radius 2 is 0.611 bits per heavy atom. The summed E-state index contributed by atoms with van der Waals surface area (Å²) in [6.07, 6.45) is 73.6. The van der Waals surface area contributed by atoms with Crippen molar-refractivity contribution >= 4 is 5.91 Å². The topological polar surface area (TPSA) is 307 Å². The molecule has 0 bridgehead atoms. The van der Waals surface area contributed by atoms with Crippen molar-refractivity contribution < 1.29 is 89.4 Å². The third-order valence-corrected chi connectivity index (χ3v) is 22.4. The number of ether oxygens (including phenoxy) is 6. The Morgan fingerprint density at radius 1 is 0.327 bits per heavy atom. The smallest absolute Gasteiger partial charge is 0.220 e. The Labute approximate surface area is 685 Å². The lowest BCUT2D eigenvalue weighted by Gasteiger charge is -2.48. The second-order valence-corrected chi connectivity index (χ2v) is 32.4. The first kappa shape index (κ1) is 104. The van der Waals surface area contributed by atoms with Gasteiger partial charge in [-0.1, -0.05) is 374 Å². The summed E-state index contributed by atoms with van der Waals surface area (Å²) in [6.45, 7) is 1.73. The van der Waals surface area contributed by atoms with E-state index < -0.39 is 124 Å². The molecular weight excluding hydrogens is 1430 g/mol. The molecule has 3 aliphatic rings. The molecule has 19 heteroatoms. The van der Waals surface area contributed by atoms with Gasteiger partial charge in [-0.3, -0.25) is 4.79 Å². The van der Waals surface area contributed by atoms with Gasteiger partial charge in [-0.15, -0.1) is 0 Å². The SMILES string of the molecule is CC/C=C\C/C=C\C/C=C\C/C=C\C/C=C\C/C=C\C/C=C\C/C=C\CCCCCCCCCCCCCCCCC(=O)NC(COC1OC(CO)C(OC2OC(CO)C(OC3OC(CO)C(O)C(O)C3O)C(O)C2O)C(O)C1O)C(O)CCCCCCCCCCCCCCCCCCCCCCCCCCCCCCC. The highest BCUT2D eigenvalue weighted by molar-refractivity contribution is 5.76. The number of carbonyl (C=O) groups excluding carboxylic acids is 1. The molecule has 17 atom stereocenters. The van der Waals surface area contributed by atoms with Gasteiger partial charge in [-0.05, 0) is 77.0 Å². The maximum atomic E-state index is 13.6. The molecule has 0 aromatic rings. The van der Waals surface area contributed by atoms with Gasteiger partial charge in [0, 0.05) is 6.42 Å². The number of unbranched alkanes of at least 4 members (excludes halogenated alkanes) is 42. The van der Waals surface area contributed by atoms with Crippen LogP contribution < -0.4 is 5.32 Å². The van der Waals surface area contributed by atoms with Crippen molar-refractivity contribution in [2.75, 3.05) is 26.4 Å². The quantitative estimate of drug-likeness (QED) is 0.0199. The Morgan fingerprint density at radius 3 is 0.956 bits per heavy atom. The molecule has 3 rings (SSSR count). The molecule has 19 nitrogen and oxygen atoms in total. The van der Waals surface area contributed by atoms with Gasteiger partial charge < -0.3 is 89.9 Å². The zero-order valence-corrected chi connectivity index (χ0v) is 70.8. The minimum absolute atomic E-state index is 0.241. The highest BCUT2D eigenvalue weighted by atomic mass is 16.8. The average Bonchev–Trinajstić information content (AvgIpc) is 0.780. The lowest BCUT2D eigenvalue weighted by Crippen LogP contribution is -2.66. The van der Waals surface area contributed by atoms with Crippen LogP contribution in [-0.2, 0) is 33.2 Å². The molecule has 0 radical (unpaired) electrons. The van der Waals surface area contributed by atoms with E-state index >= 15 is 0 Å². The summed E-state index contributed by atoms with van der Waals surface area (Å²) in [6, 6.07) is -0.895. The van der Waals surface area contributed by atoms with E-state index in [0.717, 1.165) is 103 Å². The predicted octanol–water partition coefficient (Wildman–Crippen LogP) is 17.9. The van der Waals surface area contributed by atoms with Gasteiger partial charge in [-0.2, -0.15) is 0 Å². The summed E-state index contributed by atoms with van der Waals surface area (Å²) < 4.78 is 34.6. The zero-order chi connectivity index (χ0) is 81.7. The molecule has 3 saturated heterocycles. The molecule has 3 aliphatic heterocycles. The number of allylic oxidation sites excluding steroid dienone is 16. The summed E-state index contributed by atoms with van der Waals surface area (Å²) in [5.74, 6) is -0.241. The minimum atomic E-state index is -1.98. The molecule has 0 aromatic heterocycles. The maximum Gasteiger partial charge on any atom is 0.220 e. The number of aliphatic hydroxyl groups excluding tert-OH is 11. The number of rotatable bonds is 74. The molecule has 3 fully saturated rings. The Bertz CT molecular complexity index is 2420. The Kier molecular flexibility index (Phi) is 66.8. The van der Waals surface area contributed by atoms with Crippen LogP contribution in [0.3, 0.4) is 0 Å². The Balaban J connectivity index is 1.31. The summed E-state index contributed by atoms with van der Waals surface area (Å²) >= 11 is 0. The lowest BCUT2D eigenvalue weighted by molar-refractivity contribution is -0.379. The minimum Gasteiger partial charge on any atom is -0.394 e. The van der Waals surface area contributed by atoms with E-state index in [-0.39, 0.29) is 18.9 Å². The first-order chi connectivity index (χ1) is 55.3. The van der Waals surface area contributed by atoms with Crippen molar-refractivity contribution in [3.63, 3.8) is 0 Å². The highest BCUT2D eigenvalue weighted by Crippen LogP contribution is 2.34. The standard InChI is InChI=1S/C94H167NO18/c1-3-5-7-9-11-13-15-17-19-21-23-25-27-29-31-33-34-35-36-37-38-39-40-41-42-44-46-48-50-52-54-56-58-60-62-64-66-68-70-72-82(100)95-77(78(99)71-69-67-65-63-61-59-57-55-53-51-49-47-45-43-32-30-28-26-24-22-20-18-16-14-12-10-8-6-4-2)76-108-92-88(106)85(103)90(80(74-97)110-92)113-94-89(107)86(104)91(81(75-98)111-94)112-93-87(105)84(102)83(101)79(73-96)109-93/h5,7,11,13,17,19,23,25,29,31,34-35,37-38,40-41,77-81,83-94,96-99,101-107H,3-4,6,8-10,12,14-16,18,20-22,24,26-28,30,32-33,36,39,42-76H2,1-2H3,(H,95,100)/b7-5-,13-11-,19-17-,25-23-,31-29-,35-34-,38-37-,41-40-. The van der Waals surface area contributed by atoms with E-state index in [4.69, 9.17) is 28.4 Å². The van der Waals surface area contributed by atoms with Crippen LogP contribution in [0.15, 0.2) is 97.2 Å². The number of amides is 1. The molecule has 656 valence electrons. The van der Waals surface area contributed by atoms with Gasteiger partial charge in [0.1, 0.15) is 73.2 Å². The molecule has 1 amide bonds. The average molecular weight is 1600 g/mol. The molecule has 3 heterocycles. The van der Waals surface area contributed by atoms with Gasteiger partial charge >= 0.3 is 0 Å². The summed E-state index contributed by atoms with van der Waals surface area (Å²) in [4.78, 5) is 13.6. The van der Waals surface area contributed by atoms with Crippen LogP contribution in [0.4, 0.5) is 0 Å². The van der Waals surface area contributed by atoms with Crippen LogP contribution in [-0.4, -0.2) is 193 Å². The van der Waals surface area contributed by atoms with Gasteiger partial charge in [0.2, 0.25) is 5.91 Å². The van der Waals surface area contributed by atoms with E-state index in [1.54, 1.807) is 0 Å². The van der Waals surface area contributed by atoms with Crippen molar-refractivity contribution in [2.24, 2.45) is 0 Å². The van der Waals surface area contributed by atoms with E-state index in [1.807, 2.05) is 0 Å². The number of hydrogen-bond acceptors (Lipinski definition) is 18. The number of nitrogens with one attached hydrogen (secondary N) is 1. The molecule has 0 saturated carbocycles. The third kappa shape index (κ3) is 51.1. The van der Waals surface area contributed by atoms with Crippen LogP contribution in [0.25, 0.3) is 0 Å². The van der Waals surface area contributed by atoms with Crippen LogP contribution >= 0.6 is 0 Å². The maximum absolute atomic E-state index is 13.6. The van der Waals surface area contributed by atoms with E-state index in [1.165, 1.54) is 225 Å². The van der Waals surface area contributed by atoms with Crippen molar-refractivity contribution in [3.05, 3.63) is 97.2 Å². The second kappa shape index (κ2) is 72.7. The first-order valence-electron chi connectivity index (χ1n) is 46.0. The fourth-order valence-corrected chi connectivity index (χ4v) is 15.2. The molecule has 17 unspecified atom stereocenters. The summed E-state index contributed by atoms with van der Waals surface area (Å²) in [5, 5.41) is 121. The molecular formula is C94H167NO18. The molecule has 0 spiro atoms. The molecule has 113 heavy (non-hydrogen) atoms. The third-order valence-electron chi connectivity index (χ3n) is 22.4. The van der Waals surface area contributed by atoms with Crippen LogP contribution in [0.2, 0.25) is 0 Å². The highest BCUT2D eigenvalue weighted by Gasteiger charge is 2.54. The van der Waals surface area contributed by atoms with Crippen LogP contribution in [0.1, 0.15) is 361 Å². The van der Waals surface area contributed by atoms with Crippen LogP contribution in [0, 0.1) is 0 Å². The molecule has 0 aliphatic carbocycles. The fraction of sp³-hybridized carbons (Fsp3) is 0.819. The van der Waals surface area contributed by atoms with Crippen molar-refractivity contribution in [2.45, 2.75) is 465 Å². The van der Waals surface area contributed by atoms with Gasteiger partial charge in [0.15, 0.2) is 18.9 Å². The van der Waals surface area contributed by atoms with Crippen LogP contribution in [0.5, 0.6) is 0 Å². The van der Waals surface area contributed by atoms with Gasteiger partial charge in [-0.25, -0.2) is 0 Å². The monoisotopic (exact) mass is 1600 g/mol. The summed E-state index contributed by atoms with van der Waals surface area (Å²) in [7, 11) is 0. The van der Waals surface area contributed by atoms with E-state index in [9.17, 15) is 61.0 Å². The Hall–Kier alpha value is -3.29. The van der Waals surface area contributed by atoms with Crippen molar-refractivity contribution in [1.29, 1.82) is 0 Å². The number of aliphatic hydroxyl groups is 11. The fourth-order valence-electron chi connectivity index (χ4n) is 15.2. The zero-order valence-electron chi connectivity index (χ0n) is 70.8. The predicted molar refractivity (Wildman–Crippen MR) is 457 cm³/mol. The van der Waals surface area contributed by atoms with Crippen molar-refractivity contribution in [1.82, 2.24) is 5.32 Å². The second-order valence-electron chi connectivity index (χ2n) is 32.4. The van der Waals surface area contributed by atoms with Gasteiger partial charge in [0.05, 0.1) is 38.6 Å².